The van der Waals surface area contributed by atoms with E-state index in [1.165, 1.54) is 13.2 Å². The Labute approximate surface area is 155 Å². The summed E-state index contributed by atoms with van der Waals surface area (Å²) in [5, 5.41) is 9.22. The normalized spacial score (nSPS) is 13.1. The maximum atomic E-state index is 13.9. The molecule has 7 heteroatoms. The van der Waals surface area contributed by atoms with Crippen molar-refractivity contribution >= 4 is 11.9 Å². The number of hydrogen-bond donors (Lipinski definition) is 3. The SMILES string of the molecule is CCNC(=O)C(C)(C)CN=C(NCC)NC(C)c1ccc(OC)c(F)c1. The van der Waals surface area contributed by atoms with Crippen LogP contribution in [0.4, 0.5) is 4.39 Å². The molecule has 26 heavy (non-hydrogen) atoms. The largest absolute Gasteiger partial charge is 0.494 e. The molecule has 1 amide bonds. The van der Waals surface area contributed by atoms with E-state index in [1.807, 2.05) is 40.7 Å². The van der Waals surface area contributed by atoms with Crippen LogP contribution in [0.1, 0.15) is 46.2 Å². The van der Waals surface area contributed by atoms with Crippen molar-refractivity contribution in [2.75, 3.05) is 26.7 Å². The van der Waals surface area contributed by atoms with Crippen molar-refractivity contribution in [3.63, 3.8) is 0 Å². The highest BCUT2D eigenvalue weighted by atomic mass is 19.1. The topological polar surface area (TPSA) is 74.8 Å². The zero-order chi connectivity index (χ0) is 19.7. The summed E-state index contributed by atoms with van der Waals surface area (Å²) < 4.78 is 18.9. The van der Waals surface area contributed by atoms with Gasteiger partial charge in [0.1, 0.15) is 0 Å². The van der Waals surface area contributed by atoms with Gasteiger partial charge >= 0.3 is 0 Å². The Morgan fingerprint density at radius 1 is 1.27 bits per heavy atom. The molecule has 0 saturated heterocycles. The number of benzene rings is 1. The molecule has 146 valence electrons. The summed E-state index contributed by atoms with van der Waals surface area (Å²) in [6.45, 7) is 11.1. The fourth-order valence-electron chi connectivity index (χ4n) is 2.31. The van der Waals surface area contributed by atoms with E-state index in [0.29, 0.717) is 25.6 Å². The van der Waals surface area contributed by atoms with E-state index in [1.54, 1.807) is 6.07 Å². The third kappa shape index (κ3) is 6.20. The van der Waals surface area contributed by atoms with Gasteiger partial charge in [0.05, 0.1) is 25.1 Å². The van der Waals surface area contributed by atoms with Crippen LogP contribution >= 0.6 is 0 Å². The first-order chi connectivity index (χ1) is 12.2. The minimum atomic E-state index is -0.617. The Hall–Kier alpha value is -2.31. The predicted molar refractivity (Wildman–Crippen MR) is 103 cm³/mol. The number of halogens is 1. The van der Waals surface area contributed by atoms with Gasteiger partial charge in [0.25, 0.3) is 0 Å². The number of hydrogen-bond acceptors (Lipinski definition) is 3. The van der Waals surface area contributed by atoms with Crippen LogP contribution in [0.25, 0.3) is 0 Å². The number of carbonyl (C=O) groups is 1. The molecule has 0 aliphatic rings. The molecule has 0 fully saturated rings. The summed E-state index contributed by atoms with van der Waals surface area (Å²) in [7, 11) is 1.44. The van der Waals surface area contributed by atoms with Gasteiger partial charge in [0.2, 0.25) is 5.91 Å². The summed E-state index contributed by atoms with van der Waals surface area (Å²) in [5.41, 5.74) is 0.158. The van der Waals surface area contributed by atoms with Crippen LogP contribution in [-0.4, -0.2) is 38.6 Å². The minimum absolute atomic E-state index is 0.0372. The number of guanidine groups is 1. The van der Waals surface area contributed by atoms with E-state index in [4.69, 9.17) is 4.74 Å². The van der Waals surface area contributed by atoms with Gasteiger partial charge in [-0.2, -0.15) is 0 Å². The van der Waals surface area contributed by atoms with E-state index >= 15 is 0 Å². The van der Waals surface area contributed by atoms with Crippen molar-refractivity contribution < 1.29 is 13.9 Å². The molecule has 1 aromatic carbocycles. The summed E-state index contributed by atoms with van der Waals surface area (Å²) in [5.74, 6) is 0.349. The van der Waals surface area contributed by atoms with Crippen LogP contribution < -0.4 is 20.7 Å². The Bertz CT molecular complexity index is 632. The van der Waals surface area contributed by atoms with Gasteiger partial charge < -0.3 is 20.7 Å². The zero-order valence-corrected chi connectivity index (χ0v) is 16.6. The third-order valence-corrected chi connectivity index (χ3v) is 3.96. The van der Waals surface area contributed by atoms with E-state index < -0.39 is 11.2 Å². The molecule has 0 radical (unpaired) electrons. The summed E-state index contributed by atoms with van der Waals surface area (Å²) >= 11 is 0. The molecule has 0 aliphatic heterocycles. The molecule has 0 saturated carbocycles. The second-order valence-electron chi connectivity index (χ2n) is 6.70. The molecular formula is C19H31FN4O2. The first-order valence-electron chi connectivity index (χ1n) is 8.91. The average Bonchev–Trinajstić information content (AvgIpc) is 2.60. The molecule has 0 heterocycles. The summed E-state index contributed by atoms with van der Waals surface area (Å²) in [6.07, 6.45) is 0. The van der Waals surface area contributed by atoms with Crippen LogP contribution in [-0.2, 0) is 4.79 Å². The van der Waals surface area contributed by atoms with E-state index in [0.717, 1.165) is 5.56 Å². The molecule has 1 rings (SSSR count). The molecule has 1 aromatic rings. The number of nitrogens with one attached hydrogen (secondary N) is 3. The van der Waals surface area contributed by atoms with Gasteiger partial charge in [0.15, 0.2) is 17.5 Å². The van der Waals surface area contributed by atoms with Gasteiger partial charge in [0, 0.05) is 13.1 Å². The lowest BCUT2D eigenvalue weighted by Gasteiger charge is -2.23. The number of carbonyl (C=O) groups excluding carboxylic acids is 1. The minimum Gasteiger partial charge on any atom is -0.494 e. The van der Waals surface area contributed by atoms with Crippen molar-refractivity contribution in [1.29, 1.82) is 0 Å². The lowest BCUT2D eigenvalue weighted by atomic mass is 9.92. The molecule has 0 aliphatic carbocycles. The average molecular weight is 366 g/mol. The highest BCUT2D eigenvalue weighted by Gasteiger charge is 2.27. The zero-order valence-electron chi connectivity index (χ0n) is 16.6. The highest BCUT2D eigenvalue weighted by Crippen LogP contribution is 2.22. The smallest absolute Gasteiger partial charge is 0.227 e. The number of amides is 1. The number of nitrogens with zero attached hydrogens (tertiary/aromatic N) is 1. The maximum absolute atomic E-state index is 13.9. The maximum Gasteiger partial charge on any atom is 0.227 e. The standard InChI is InChI=1S/C19H31FN4O2/c1-7-21-17(25)19(4,5)12-23-18(22-8-2)24-13(3)14-9-10-16(26-6)15(20)11-14/h9-11,13H,7-8,12H2,1-6H3,(H,21,25)(H2,22,23,24). The predicted octanol–water partition coefficient (Wildman–Crippen LogP) is 2.61. The van der Waals surface area contributed by atoms with Crippen LogP contribution in [0.5, 0.6) is 5.75 Å². The van der Waals surface area contributed by atoms with Crippen molar-refractivity contribution in [2.24, 2.45) is 10.4 Å². The third-order valence-electron chi connectivity index (χ3n) is 3.96. The van der Waals surface area contributed by atoms with Crippen LogP contribution in [0, 0.1) is 11.2 Å². The Morgan fingerprint density at radius 3 is 2.46 bits per heavy atom. The van der Waals surface area contributed by atoms with Gasteiger partial charge in [-0.05, 0) is 52.3 Å². The van der Waals surface area contributed by atoms with Crippen molar-refractivity contribution in [3.8, 4) is 5.75 Å². The number of ether oxygens (including phenoxy) is 1. The van der Waals surface area contributed by atoms with Crippen LogP contribution in [0.15, 0.2) is 23.2 Å². The summed E-state index contributed by atoms with van der Waals surface area (Å²) in [6, 6.07) is 4.69. The second kappa shape index (κ2) is 9.99. The molecule has 1 unspecified atom stereocenters. The van der Waals surface area contributed by atoms with E-state index in [-0.39, 0.29) is 17.7 Å². The number of aliphatic imine (C=N–C) groups is 1. The quantitative estimate of drug-likeness (QED) is 0.488. The molecule has 0 spiro atoms. The fraction of sp³-hybridized carbons (Fsp3) is 0.579. The molecule has 6 nitrogen and oxygen atoms in total. The number of rotatable bonds is 8. The molecular weight excluding hydrogens is 335 g/mol. The van der Waals surface area contributed by atoms with Gasteiger partial charge in [-0.1, -0.05) is 6.07 Å². The molecule has 1 atom stereocenters. The monoisotopic (exact) mass is 366 g/mol. The Balaban J connectivity index is 2.86. The fourth-order valence-corrected chi connectivity index (χ4v) is 2.31. The lowest BCUT2D eigenvalue weighted by molar-refractivity contribution is -0.128. The van der Waals surface area contributed by atoms with Crippen molar-refractivity contribution in [3.05, 3.63) is 29.6 Å². The second-order valence-corrected chi connectivity index (χ2v) is 6.70. The summed E-state index contributed by atoms with van der Waals surface area (Å²) in [4.78, 5) is 16.6. The van der Waals surface area contributed by atoms with Crippen molar-refractivity contribution in [2.45, 2.75) is 40.7 Å². The Morgan fingerprint density at radius 2 is 1.92 bits per heavy atom. The first kappa shape index (κ1) is 21.7. The molecule has 3 N–H and O–H groups in total. The highest BCUT2D eigenvalue weighted by molar-refractivity contribution is 5.83. The van der Waals surface area contributed by atoms with Crippen molar-refractivity contribution in [1.82, 2.24) is 16.0 Å². The van der Waals surface area contributed by atoms with Crippen LogP contribution in [0.3, 0.4) is 0 Å². The molecule has 0 aromatic heterocycles. The molecule has 0 bridgehead atoms. The first-order valence-corrected chi connectivity index (χ1v) is 8.91. The van der Waals surface area contributed by atoms with Crippen LogP contribution in [0.2, 0.25) is 0 Å². The van der Waals surface area contributed by atoms with Gasteiger partial charge in [-0.3, -0.25) is 9.79 Å². The van der Waals surface area contributed by atoms with E-state index in [2.05, 4.69) is 20.9 Å². The van der Waals surface area contributed by atoms with Gasteiger partial charge in [-0.15, -0.1) is 0 Å². The van der Waals surface area contributed by atoms with Gasteiger partial charge in [-0.25, -0.2) is 4.39 Å². The lowest BCUT2D eigenvalue weighted by Crippen LogP contribution is -2.42. The number of methoxy groups -OCH3 is 1. The van der Waals surface area contributed by atoms with E-state index in [9.17, 15) is 9.18 Å². The Kier molecular flexibility index (Phi) is 8.35.